The number of esters is 1. The lowest BCUT2D eigenvalue weighted by Gasteiger charge is -2.22. The summed E-state index contributed by atoms with van der Waals surface area (Å²) in [7, 11) is 0. The summed E-state index contributed by atoms with van der Waals surface area (Å²) >= 11 is 5.83. The van der Waals surface area contributed by atoms with Crippen LogP contribution < -0.4 is 5.73 Å². The monoisotopic (exact) mass is 277 g/mol. The molecule has 3 nitrogen and oxygen atoms in total. The Kier molecular flexibility index (Phi) is 4.65. The number of halogens is 3. The molecule has 0 saturated carbocycles. The molecule has 100 valence electrons. The zero-order valence-corrected chi connectivity index (χ0v) is 10.8. The van der Waals surface area contributed by atoms with E-state index in [1.807, 2.05) is 0 Å². The van der Waals surface area contributed by atoms with E-state index in [0.29, 0.717) is 5.02 Å². The molecular weight excluding hydrogens is 264 g/mol. The van der Waals surface area contributed by atoms with Crippen molar-refractivity contribution >= 4 is 17.6 Å². The molecule has 0 radical (unpaired) electrons. The molecule has 1 rings (SSSR count). The number of hydrogen-bond acceptors (Lipinski definition) is 3. The summed E-state index contributed by atoms with van der Waals surface area (Å²) in [4.78, 5) is 11.1. The second-order valence-corrected chi connectivity index (χ2v) is 4.24. The van der Waals surface area contributed by atoms with Crippen molar-refractivity contribution in [2.45, 2.75) is 25.8 Å². The van der Waals surface area contributed by atoms with Gasteiger partial charge in [-0.15, -0.1) is 0 Å². The molecule has 0 aliphatic rings. The van der Waals surface area contributed by atoms with Gasteiger partial charge in [0.15, 0.2) is 0 Å². The molecule has 0 spiro atoms. The van der Waals surface area contributed by atoms with Gasteiger partial charge in [0.05, 0.1) is 6.61 Å². The normalized spacial score (nSPS) is 13.2. The Bertz CT molecular complexity index is 452. The minimum absolute atomic E-state index is 0.0867. The summed E-state index contributed by atoms with van der Waals surface area (Å²) in [5.74, 6) is -5.41. The first-order chi connectivity index (χ1) is 8.30. The average molecular weight is 278 g/mol. The van der Waals surface area contributed by atoms with Crippen molar-refractivity contribution in [3.63, 3.8) is 0 Å². The van der Waals surface area contributed by atoms with Gasteiger partial charge < -0.3 is 10.5 Å². The quantitative estimate of drug-likeness (QED) is 0.861. The molecule has 0 aromatic heterocycles. The van der Waals surface area contributed by atoms with Crippen LogP contribution in [0.25, 0.3) is 0 Å². The van der Waals surface area contributed by atoms with E-state index in [2.05, 4.69) is 4.74 Å². The van der Waals surface area contributed by atoms with Gasteiger partial charge in [0.25, 0.3) is 0 Å². The molecule has 2 N–H and O–H groups in total. The molecule has 1 aromatic carbocycles. The summed E-state index contributed by atoms with van der Waals surface area (Å²) in [6.07, 6.45) is 0. The number of alkyl halides is 2. The summed E-state index contributed by atoms with van der Waals surface area (Å²) < 4.78 is 31.6. The van der Waals surface area contributed by atoms with Crippen LogP contribution in [0.3, 0.4) is 0 Å². The van der Waals surface area contributed by atoms with E-state index in [4.69, 9.17) is 17.3 Å². The Balaban J connectivity index is 3.01. The first kappa shape index (κ1) is 14.9. The number of rotatable bonds is 4. The summed E-state index contributed by atoms with van der Waals surface area (Å²) in [5, 5.41) is 0.322. The molecule has 0 fully saturated rings. The van der Waals surface area contributed by atoms with Gasteiger partial charge in [-0.25, -0.2) is 4.79 Å². The van der Waals surface area contributed by atoms with E-state index in [9.17, 15) is 13.6 Å². The number of nitrogens with two attached hydrogens (primary N) is 1. The van der Waals surface area contributed by atoms with Crippen LogP contribution in [0.5, 0.6) is 0 Å². The zero-order valence-electron chi connectivity index (χ0n) is 10.0. The van der Waals surface area contributed by atoms with E-state index in [-0.39, 0.29) is 12.2 Å². The second-order valence-electron chi connectivity index (χ2n) is 3.83. The molecule has 18 heavy (non-hydrogen) atoms. The zero-order chi connectivity index (χ0) is 13.9. The molecule has 0 heterocycles. The number of aryl methyl sites for hydroxylation is 1. The van der Waals surface area contributed by atoms with Crippen molar-refractivity contribution in [1.82, 2.24) is 0 Å². The van der Waals surface area contributed by atoms with Gasteiger partial charge >= 0.3 is 11.9 Å². The number of carbonyl (C=O) groups is 1. The third-order valence-electron chi connectivity index (χ3n) is 2.49. The maximum absolute atomic E-state index is 13.7. The molecule has 1 atom stereocenters. The maximum atomic E-state index is 13.7. The van der Waals surface area contributed by atoms with Gasteiger partial charge in [-0.1, -0.05) is 23.7 Å². The highest BCUT2D eigenvalue weighted by Gasteiger charge is 2.47. The fourth-order valence-electron chi connectivity index (χ4n) is 1.37. The van der Waals surface area contributed by atoms with E-state index in [1.165, 1.54) is 19.1 Å². The number of carbonyl (C=O) groups excluding carboxylic acids is 1. The fraction of sp³-hybridized carbons (Fsp3) is 0.417. The molecule has 0 bridgehead atoms. The first-order valence-electron chi connectivity index (χ1n) is 5.37. The highest BCUT2D eigenvalue weighted by Crippen LogP contribution is 2.32. The highest BCUT2D eigenvalue weighted by atomic mass is 35.5. The van der Waals surface area contributed by atoms with Gasteiger partial charge in [-0.05, 0) is 31.0 Å². The lowest BCUT2D eigenvalue weighted by Crippen LogP contribution is -2.41. The number of hydrogen-bond donors (Lipinski definition) is 1. The predicted molar refractivity (Wildman–Crippen MR) is 64.7 cm³/mol. The van der Waals surface area contributed by atoms with E-state index >= 15 is 0 Å². The van der Waals surface area contributed by atoms with Gasteiger partial charge in [0.2, 0.25) is 0 Å². The SMILES string of the molecule is CCOC(=O)C(F)(F)[C@H](N)c1ccc(C)c(Cl)c1. The van der Waals surface area contributed by atoms with Gasteiger partial charge in [0.1, 0.15) is 6.04 Å². The van der Waals surface area contributed by atoms with Crippen molar-refractivity contribution in [1.29, 1.82) is 0 Å². The second kappa shape index (κ2) is 5.63. The van der Waals surface area contributed by atoms with Gasteiger partial charge in [-0.3, -0.25) is 0 Å². The van der Waals surface area contributed by atoms with Crippen LogP contribution in [0.2, 0.25) is 5.02 Å². The minimum Gasteiger partial charge on any atom is -0.462 e. The smallest absolute Gasteiger partial charge is 0.379 e. The van der Waals surface area contributed by atoms with E-state index < -0.39 is 17.9 Å². The van der Waals surface area contributed by atoms with Crippen LogP contribution in [0.4, 0.5) is 8.78 Å². The lowest BCUT2D eigenvalue weighted by molar-refractivity contribution is -0.174. The van der Waals surface area contributed by atoms with E-state index in [0.717, 1.165) is 5.56 Å². The third-order valence-corrected chi connectivity index (χ3v) is 2.90. The third kappa shape index (κ3) is 2.97. The largest absolute Gasteiger partial charge is 0.462 e. The molecule has 0 saturated heterocycles. The highest BCUT2D eigenvalue weighted by molar-refractivity contribution is 6.31. The van der Waals surface area contributed by atoms with Crippen LogP contribution in [0.15, 0.2) is 18.2 Å². The van der Waals surface area contributed by atoms with Crippen molar-refractivity contribution in [2.24, 2.45) is 5.73 Å². The van der Waals surface area contributed by atoms with Crippen molar-refractivity contribution in [3.05, 3.63) is 34.3 Å². The summed E-state index contributed by atoms with van der Waals surface area (Å²) in [6, 6.07) is 2.53. The van der Waals surface area contributed by atoms with Gasteiger partial charge in [0, 0.05) is 5.02 Å². The van der Waals surface area contributed by atoms with Crippen LogP contribution in [-0.2, 0) is 9.53 Å². The van der Waals surface area contributed by atoms with E-state index in [1.54, 1.807) is 13.0 Å². The maximum Gasteiger partial charge on any atom is 0.379 e. The standard InChI is InChI=1S/C12H14ClF2NO2/c1-3-18-11(17)12(14,15)10(16)8-5-4-7(2)9(13)6-8/h4-6,10H,3,16H2,1-2H3/t10-/m1/s1. The topological polar surface area (TPSA) is 52.3 Å². The Morgan fingerprint density at radius 2 is 2.17 bits per heavy atom. The van der Waals surface area contributed by atoms with Crippen LogP contribution in [0, 0.1) is 6.92 Å². The number of ether oxygens (including phenoxy) is 1. The van der Waals surface area contributed by atoms with Crippen LogP contribution in [-0.4, -0.2) is 18.5 Å². The molecular formula is C12H14ClF2NO2. The minimum atomic E-state index is -3.78. The molecule has 0 aliphatic carbocycles. The lowest BCUT2D eigenvalue weighted by atomic mass is 10.0. The Morgan fingerprint density at radius 1 is 1.56 bits per heavy atom. The van der Waals surface area contributed by atoms with Crippen LogP contribution in [0.1, 0.15) is 24.1 Å². The average Bonchev–Trinajstić information content (AvgIpc) is 2.32. The Hall–Kier alpha value is -1.20. The first-order valence-corrected chi connectivity index (χ1v) is 5.75. The summed E-state index contributed by atoms with van der Waals surface area (Å²) in [6.45, 7) is 3.05. The van der Waals surface area contributed by atoms with Crippen molar-refractivity contribution < 1.29 is 18.3 Å². The molecule has 6 heteroatoms. The molecule has 0 aliphatic heterocycles. The molecule has 0 unspecified atom stereocenters. The van der Waals surface area contributed by atoms with Gasteiger partial charge in [-0.2, -0.15) is 8.78 Å². The summed E-state index contributed by atoms with van der Waals surface area (Å²) in [5.41, 5.74) is 6.24. The Labute approximate surface area is 109 Å². The molecule has 1 aromatic rings. The van der Waals surface area contributed by atoms with Crippen LogP contribution >= 0.6 is 11.6 Å². The fourth-order valence-corrected chi connectivity index (χ4v) is 1.56. The van der Waals surface area contributed by atoms with Crippen molar-refractivity contribution in [3.8, 4) is 0 Å². The Morgan fingerprint density at radius 3 is 2.67 bits per heavy atom. The predicted octanol–water partition coefficient (Wildman–Crippen LogP) is 2.85. The molecule has 0 amide bonds. The van der Waals surface area contributed by atoms with Crippen molar-refractivity contribution in [2.75, 3.05) is 6.61 Å². The number of benzene rings is 1.